The Morgan fingerprint density at radius 3 is 1.92 bits per heavy atom. The Labute approximate surface area is 143 Å². The summed E-state index contributed by atoms with van der Waals surface area (Å²) in [5.41, 5.74) is 2.81. The Kier molecular flexibility index (Phi) is 3.44. The van der Waals surface area contributed by atoms with Gasteiger partial charge in [0.2, 0.25) is 0 Å². The van der Waals surface area contributed by atoms with E-state index in [0.29, 0.717) is 22.4 Å². The molecule has 1 N–H and O–H groups in total. The predicted octanol–water partition coefficient (Wildman–Crippen LogP) is 4.86. The van der Waals surface area contributed by atoms with E-state index in [9.17, 15) is 9.59 Å². The lowest BCUT2D eigenvalue weighted by atomic mass is 9.83. The highest BCUT2D eigenvalue weighted by Crippen LogP contribution is 2.37. The Morgan fingerprint density at radius 1 is 0.667 bits per heavy atom. The average molecular weight is 334 g/mol. The highest BCUT2D eigenvalue weighted by molar-refractivity contribution is 6.40. The highest BCUT2D eigenvalue weighted by atomic mass is 35.5. The molecule has 1 aliphatic carbocycles. The van der Waals surface area contributed by atoms with Crippen LogP contribution in [-0.4, -0.2) is 11.6 Å². The molecular formula is C20H12ClNO2. The molecule has 3 nitrogen and oxygen atoms in total. The summed E-state index contributed by atoms with van der Waals surface area (Å²) in [6.07, 6.45) is 0. The fourth-order valence-electron chi connectivity index (χ4n) is 2.96. The number of halogens is 1. The molecule has 116 valence electrons. The van der Waals surface area contributed by atoms with E-state index < -0.39 is 0 Å². The fourth-order valence-corrected chi connectivity index (χ4v) is 3.21. The first kappa shape index (κ1) is 14.7. The van der Waals surface area contributed by atoms with Crippen LogP contribution in [0.4, 0.5) is 11.4 Å². The second kappa shape index (κ2) is 5.62. The summed E-state index contributed by atoms with van der Waals surface area (Å²) in [6.45, 7) is 0. The quantitative estimate of drug-likeness (QED) is 0.570. The van der Waals surface area contributed by atoms with Crippen molar-refractivity contribution in [1.82, 2.24) is 0 Å². The van der Waals surface area contributed by atoms with Crippen LogP contribution in [0.3, 0.4) is 0 Å². The lowest BCUT2D eigenvalue weighted by Gasteiger charge is -2.21. The van der Waals surface area contributed by atoms with Crippen LogP contribution in [0.1, 0.15) is 31.8 Å². The van der Waals surface area contributed by atoms with Gasteiger partial charge in [-0.3, -0.25) is 9.59 Å². The van der Waals surface area contributed by atoms with Crippen LogP contribution in [0.25, 0.3) is 0 Å². The monoisotopic (exact) mass is 333 g/mol. The molecule has 24 heavy (non-hydrogen) atoms. The fraction of sp³-hybridized carbons (Fsp3) is 0. The van der Waals surface area contributed by atoms with E-state index in [0.717, 1.165) is 5.69 Å². The standard InChI is InChI=1S/C20H12ClNO2/c21-15-10-11-16(22-12-6-2-1-3-7-12)18-17(15)19(23)13-8-4-5-9-14(13)20(18)24/h1-11,22H. The highest BCUT2D eigenvalue weighted by Gasteiger charge is 2.33. The molecule has 3 aromatic rings. The second-order valence-electron chi connectivity index (χ2n) is 5.54. The van der Waals surface area contributed by atoms with Crippen molar-refractivity contribution in [2.45, 2.75) is 0 Å². The maximum absolute atomic E-state index is 13.0. The zero-order valence-electron chi connectivity index (χ0n) is 12.5. The van der Waals surface area contributed by atoms with Crippen LogP contribution in [-0.2, 0) is 0 Å². The van der Waals surface area contributed by atoms with E-state index in [1.807, 2.05) is 30.3 Å². The maximum atomic E-state index is 13.0. The third kappa shape index (κ3) is 2.22. The Hall–Kier alpha value is -2.91. The van der Waals surface area contributed by atoms with Gasteiger partial charge in [-0.1, -0.05) is 54.1 Å². The van der Waals surface area contributed by atoms with Gasteiger partial charge in [0.25, 0.3) is 0 Å². The van der Waals surface area contributed by atoms with Gasteiger partial charge >= 0.3 is 0 Å². The molecule has 0 spiro atoms. The number of rotatable bonds is 2. The molecule has 0 atom stereocenters. The van der Waals surface area contributed by atoms with Crippen molar-refractivity contribution in [3.8, 4) is 0 Å². The average Bonchev–Trinajstić information content (AvgIpc) is 2.62. The number of para-hydroxylation sites is 1. The number of carbonyl (C=O) groups excluding carboxylic acids is 2. The Morgan fingerprint density at radius 2 is 1.25 bits per heavy atom. The Balaban J connectivity index is 1.92. The maximum Gasteiger partial charge on any atom is 0.196 e. The van der Waals surface area contributed by atoms with Crippen molar-refractivity contribution in [2.24, 2.45) is 0 Å². The zero-order chi connectivity index (χ0) is 16.7. The van der Waals surface area contributed by atoms with E-state index >= 15 is 0 Å². The van der Waals surface area contributed by atoms with Crippen LogP contribution >= 0.6 is 11.6 Å². The smallest absolute Gasteiger partial charge is 0.196 e. The summed E-state index contributed by atoms with van der Waals surface area (Å²) in [6, 6.07) is 19.7. The number of anilines is 2. The number of hydrogen-bond donors (Lipinski definition) is 1. The van der Waals surface area contributed by atoms with Crippen LogP contribution in [0.5, 0.6) is 0 Å². The van der Waals surface area contributed by atoms with E-state index in [1.165, 1.54) is 0 Å². The minimum atomic E-state index is -0.220. The summed E-state index contributed by atoms with van der Waals surface area (Å²) in [5, 5.41) is 3.50. The number of hydrogen-bond acceptors (Lipinski definition) is 3. The van der Waals surface area contributed by atoms with Gasteiger partial charge in [0.15, 0.2) is 11.6 Å². The number of ketones is 2. The zero-order valence-corrected chi connectivity index (χ0v) is 13.3. The number of nitrogens with one attached hydrogen (secondary N) is 1. The van der Waals surface area contributed by atoms with Crippen molar-refractivity contribution in [3.05, 3.63) is 94.0 Å². The van der Waals surface area contributed by atoms with Crippen molar-refractivity contribution in [1.29, 1.82) is 0 Å². The topological polar surface area (TPSA) is 46.2 Å². The molecule has 4 rings (SSSR count). The van der Waals surface area contributed by atoms with Crippen molar-refractivity contribution < 1.29 is 9.59 Å². The predicted molar refractivity (Wildman–Crippen MR) is 94.5 cm³/mol. The van der Waals surface area contributed by atoms with E-state index in [4.69, 9.17) is 11.6 Å². The van der Waals surface area contributed by atoms with Crippen molar-refractivity contribution >= 4 is 34.5 Å². The molecule has 0 bridgehead atoms. The molecule has 0 saturated carbocycles. The molecule has 3 aromatic carbocycles. The lowest BCUT2D eigenvalue weighted by Crippen LogP contribution is -2.22. The van der Waals surface area contributed by atoms with Gasteiger partial charge in [-0.15, -0.1) is 0 Å². The molecule has 0 heterocycles. The molecule has 0 amide bonds. The van der Waals surface area contributed by atoms with Crippen LogP contribution in [0, 0.1) is 0 Å². The van der Waals surface area contributed by atoms with Gasteiger partial charge in [-0.25, -0.2) is 0 Å². The number of benzene rings is 3. The van der Waals surface area contributed by atoms with Gasteiger partial charge in [0.1, 0.15) is 0 Å². The largest absolute Gasteiger partial charge is 0.355 e. The molecule has 0 aliphatic heterocycles. The summed E-state index contributed by atoms with van der Waals surface area (Å²) in [7, 11) is 0. The first-order chi connectivity index (χ1) is 11.7. The van der Waals surface area contributed by atoms with Crippen LogP contribution < -0.4 is 5.32 Å². The number of carbonyl (C=O) groups is 2. The first-order valence-electron chi connectivity index (χ1n) is 7.50. The molecule has 0 aromatic heterocycles. The van der Waals surface area contributed by atoms with Crippen LogP contribution in [0.15, 0.2) is 66.7 Å². The van der Waals surface area contributed by atoms with Crippen LogP contribution in [0.2, 0.25) is 5.02 Å². The molecule has 0 radical (unpaired) electrons. The third-order valence-corrected chi connectivity index (χ3v) is 4.39. The van der Waals surface area contributed by atoms with Crippen molar-refractivity contribution in [2.75, 3.05) is 5.32 Å². The minimum absolute atomic E-state index is 0.193. The lowest BCUT2D eigenvalue weighted by molar-refractivity contribution is 0.0980. The van der Waals surface area contributed by atoms with Crippen molar-refractivity contribution in [3.63, 3.8) is 0 Å². The van der Waals surface area contributed by atoms with E-state index in [2.05, 4.69) is 5.32 Å². The first-order valence-corrected chi connectivity index (χ1v) is 7.87. The summed E-state index contributed by atoms with van der Waals surface area (Å²) in [5.74, 6) is -0.414. The Bertz CT molecular complexity index is 980. The molecular weight excluding hydrogens is 322 g/mol. The van der Waals surface area contributed by atoms with Gasteiger partial charge in [0.05, 0.1) is 21.8 Å². The molecule has 0 saturated heterocycles. The molecule has 4 heteroatoms. The summed E-state index contributed by atoms with van der Waals surface area (Å²) < 4.78 is 0. The second-order valence-corrected chi connectivity index (χ2v) is 5.95. The third-order valence-electron chi connectivity index (χ3n) is 4.08. The molecule has 0 fully saturated rings. The number of fused-ring (bicyclic) bond motifs is 2. The van der Waals surface area contributed by atoms with Gasteiger partial charge < -0.3 is 5.32 Å². The summed E-state index contributed by atoms with van der Waals surface area (Å²) in [4.78, 5) is 25.8. The van der Waals surface area contributed by atoms with E-state index in [-0.39, 0.29) is 22.2 Å². The van der Waals surface area contributed by atoms with Gasteiger partial charge in [-0.2, -0.15) is 0 Å². The minimum Gasteiger partial charge on any atom is -0.355 e. The van der Waals surface area contributed by atoms with Gasteiger partial charge in [-0.05, 0) is 24.3 Å². The molecule has 0 unspecified atom stereocenters. The van der Waals surface area contributed by atoms with Gasteiger partial charge in [0, 0.05) is 16.8 Å². The molecule has 1 aliphatic rings. The van der Waals surface area contributed by atoms with E-state index in [1.54, 1.807) is 36.4 Å². The summed E-state index contributed by atoms with van der Waals surface area (Å²) >= 11 is 6.24. The normalized spacial score (nSPS) is 12.5. The SMILES string of the molecule is O=C1c2ccccc2C(=O)c2c(Nc3ccccc3)ccc(Cl)c21.